The summed E-state index contributed by atoms with van der Waals surface area (Å²) in [6.07, 6.45) is 0. The number of anilines is 1. The molecule has 0 aliphatic rings. The van der Waals surface area contributed by atoms with E-state index in [2.05, 4.69) is 34.3 Å². The van der Waals surface area contributed by atoms with Crippen molar-refractivity contribution in [2.75, 3.05) is 5.32 Å². The van der Waals surface area contributed by atoms with E-state index in [1.54, 1.807) is 6.92 Å². The Morgan fingerprint density at radius 1 is 1.12 bits per heavy atom. The summed E-state index contributed by atoms with van der Waals surface area (Å²) in [4.78, 5) is 22.6. The number of nitrogens with two attached hydrogens (primary N) is 1. The first-order chi connectivity index (χ1) is 11.5. The van der Waals surface area contributed by atoms with Gasteiger partial charge in [0.25, 0.3) is 0 Å². The number of imide groups is 1. The number of para-hydroxylation sites is 1. The second kappa shape index (κ2) is 6.23. The standard InChI is InChI=1S/C18H20N4O2/c1-3-22-15-7-5-4-6-13(15)14-10-12(8-9-16(14)22)20-11(2)17(23)21-18(19)24/h4-11,20H,3H2,1-2H3,(H3,19,21,23,24)/t11-/m0/s1. The van der Waals surface area contributed by atoms with Gasteiger partial charge in [-0.25, -0.2) is 4.79 Å². The van der Waals surface area contributed by atoms with Crippen LogP contribution in [0.15, 0.2) is 42.5 Å². The Kier molecular flexibility index (Phi) is 4.12. The van der Waals surface area contributed by atoms with Crippen LogP contribution >= 0.6 is 0 Å². The van der Waals surface area contributed by atoms with Gasteiger partial charge in [-0.3, -0.25) is 10.1 Å². The molecule has 3 rings (SSSR count). The highest BCUT2D eigenvalue weighted by Crippen LogP contribution is 2.31. The van der Waals surface area contributed by atoms with Crippen molar-refractivity contribution >= 4 is 39.4 Å². The highest BCUT2D eigenvalue weighted by atomic mass is 16.2. The van der Waals surface area contributed by atoms with E-state index in [9.17, 15) is 9.59 Å². The Labute approximate surface area is 139 Å². The molecule has 2 aromatic carbocycles. The molecule has 0 aliphatic heterocycles. The summed E-state index contributed by atoms with van der Waals surface area (Å²) in [6, 6.07) is 12.8. The zero-order valence-corrected chi connectivity index (χ0v) is 13.7. The quantitative estimate of drug-likeness (QED) is 0.689. The highest BCUT2D eigenvalue weighted by Gasteiger charge is 2.15. The summed E-state index contributed by atoms with van der Waals surface area (Å²) in [5.41, 5.74) is 8.13. The molecule has 0 bridgehead atoms. The van der Waals surface area contributed by atoms with Gasteiger partial charge < -0.3 is 15.6 Å². The molecule has 3 amide bonds. The minimum absolute atomic E-state index is 0.460. The molecule has 0 spiro atoms. The van der Waals surface area contributed by atoms with Crippen LogP contribution in [0.4, 0.5) is 10.5 Å². The van der Waals surface area contributed by atoms with E-state index >= 15 is 0 Å². The van der Waals surface area contributed by atoms with Gasteiger partial charge in [0.2, 0.25) is 5.91 Å². The number of fused-ring (bicyclic) bond motifs is 3. The number of urea groups is 1. The van der Waals surface area contributed by atoms with Crippen molar-refractivity contribution in [3.63, 3.8) is 0 Å². The van der Waals surface area contributed by atoms with Crippen molar-refractivity contribution in [2.45, 2.75) is 26.4 Å². The van der Waals surface area contributed by atoms with Crippen molar-refractivity contribution < 1.29 is 9.59 Å². The summed E-state index contributed by atoms with van der Waals surface area (Å²) in [6.45, 7) is 4.68. The first kappa shape index (κ1) is 15.9. The fourth-order valence-electron chi connectivity index (χ4n) is 3.03. The second-order valence-electron chi connectivity index (χ2n) is 5.71. The topological polar surface area (TPSA) is 89.2 Å². The average Bonchev–Trinajstić information content (AvgIpc) is 2.87. The summed E-state index contributed by atoms with van der Waals surface area (Å²) in [5, 5.41) is 7.48. The lowest BCUT2D eigenvalue weighted by Crippen LogP contribution is -2.43. The molecule has 6 nitrogen and oxygen atoms in total. The van der Waals surface area contributed by atoms with Gasteiger partial charge in [0.15, 0.2) is 0 Å². The van der Waals surface area contributed by atoms with E-state index in [0.29, 0.717) is 0 Å². The molecule has 124 valence electrons. The smallest absolute Gasteiger partial charge is 0.318 e. The molecule has 0 saturated heterocycles. The lowest BCUT2D eigenvalue weighted by atomic mass is 10.1. The molecule has 3 aromatic rings. The number of nitrogens with zero attached hydrogens (tertiary/aromatic N) is 1. The zero-order chi connectivity index (χ0) is 17.3. The summed E-state index contributed by atoms with van der Waals surface area (Å²) in [5.74, 6) is -0.460. The number of nitrogens with one attached hydrogen (secondary N) is 2. The normalized spacial score (nSPS) is 12.2. The summed E-state index contributed by atoms with van der Waals surface area (Å²) in [7, 11) is 0. The molecule has 0 saturated carbocycles. The summed E-state index contributed by atoms with van der Waals surface area (Å²) >= 11 is 0. The lowest BCUT2D eigenvalue weighted by molar-refractivity contribution is -0.120. The molecule has 1 atom stereocenters. The molecule has 1 aromatic heterocycles. The fraction of sp³-hybridized carbons (Fsp3) is 0.222. The number of rotatable bonds is 4. The number of amides is 3. The predicted molar refractivity (Wildman–Crippen MR) is 95.9 cm³/mol. The largest absolute Gasteiger partial charge is 0.374 e. The van der Waals surface area contributed by atoms with Crippen LogP contribution in [0.5, 0.6) is 0 Å². The van der Waals surface area contributed by atoms with Gasteiger partial charge in [-0.15, -0.1) is 0 Å². The first-order valence-corrected chi connectivity index (χ1v) is 7.89. The van der Waals surface area contributed by atoms with Crippen molar-refractivity contribution in [1.82, 2.24) is 9.88 Å². The number of hydrogen-bond donors (Lipinski definition) is 3. The van der Waals surface area contributed by atoms with Gasteiger partial charge in [0.05, 0.1) is 0 Å². The molecule has 24 heavy (non-hydrogen) atoms. The maximum absolute atomic E-state index is 11.8. The van der Waals surface area contributed by atoms with Crippen LogP contribution in [0.2, 0.25) is 0 Å². The summed E-state index contributed by atoms with van der Waals surface area (Å²) < 4.78 is 2.26. The number of primary amides is 1. The van der Waals surface area contributed by atoms with Crippen LogP contribution in [0, 0.1) is 0 Å². The molecular formula is C18H20N4O2. The van der Waals surface area contributed by atoms with Gasteiger partial charge >= 0.3 is 6.03 Å². The molecular weight excluding hydrogens is 304 g/mol. The Bertz CT molecular complexity index is 929. The van der Waals surface area contributed by atoms with Crippen LogP contribution in [0.3, 0.4) is 0 Å². The van der Waals surface area contributed by atoms with E-state index in [4.69, 9.17) is 5.73 Å². The van der Waals surface area contributed by atoms with Crippen LogP contribution in [-0.4, -0.2) is 22.5 Å². The number of aromatic nitrogens is 1. The molecule has 0 fully saturated rings. The number of carbonyl (C=O) groups excluding carboxylic acids is 2. The van der Waals surface area contributed by atoms with E-state index in [1.807, 2.05) is 30.3 Å². The van der Waals surface area contributed by atoms with Gasteiger partial charge in [-0.1, -0.05) is 18.2 Å². The van der Waals surface area contributed by atoms with Crippen LogP contribution in [0.25, 0.3) is 21.8 Å². The molecule has 0 aliphatic carbocycles. The number of aryl methyl sites for hydroxylation is 1. The van der Waals surface area contributed by atoms with Crippen LogP contribution in [-0.2, 0) is 11.3 Å². The Morgan fingerprint density at radius 3 is 2.54 bits per heavy atom. The maximum Gasteiger partial charge on any atom is 0.318 e. The van der Waals surface area contributed by atoms with Crippen molar-refractivity contribution in [2.24, 2.45) is 5.73 Å². The monoisotopic (exact) mass is 324 g/mol. The third-order valence-corrected chi connectivity index (χ3v) is 4.11. The average molecular weight is 324 g/mol. The van der Waals surface area contributed by atoms with E-state index in [1.165, 1.54) is 10.9 Å². The molecule has 6 heteroatoms. The molecule has 0 radical (unpaired) electrons. The molecule has 1 heterocycles. The Balaban J connectivity index is 1.98. The first-order valence-electron chi connectivity index (χ1n) is 7.89. The number of benzene rings is 2. The van der Waals surface area contributed by atoms with Crippen molar-refractivity contribution in [1.29, 1.82) is 0 Å². The number of carbonyl (C=O) groups is 2. The highest BCUT2D eigenvalue weighted by molar-refractivity contribution is 6.09. The Morgan fingerprint density at radius 2 is 1.83 bits per heavy atom. The third-order valence-electron chi connectivity index (χ3n) is 4.11. The van der Waals surface area contributed by atoms with Crippen LogP contribution in [0.1, 0.15) is 13.8 Å². The lowest BCUT2D eigenvalue weighted by Gasteiger charge is -2.14. The fourth-order valence-corrected chi connectivity index (χ4v) is 3.03. The minimum atomic E-state index is -0.852. The minimum Gasteiger partial charge on any atom is -0.374 e. The predicted octanol–water partition coefficient (Wildman–Crippen LogP) is 2.81. The van der Waals surface area contributed by atoms with Gasteiger partial charge in [0.1, 0.15) is 6.04 Å². The van der Waals surface area contributed by atoms with Gasteiger partial charge in [0, 0.05) is 34.0 Å². The van der Waals surface area contributed by atoms with Crippen molar-refractivity contribution in [3.05, 3.63) is 42.5 Å². The number of hydrogen-bond acceptors (Lipinski definition) is 3. The van der Waals surface area contributed by atoms with Gasteiger partial charge in [-0.05, 0) is 38.1 Å². The van der Waals surface area contributed by atoms with Crippen LogP contribution < -0.4 is 16.4 Å². The SMILES string of the molecule is CCn1c2ccccc2c2cc(N[C@@H](C)C(=O)NC(N)=O)ccc21. The second-order valence-corrected chi connectivity index (χ2v) is 5.71. The van der Waals surface area contributed by atoms with E-state index < -0.39 is 18.0 Å². The van der Waals surface area contributed by atoms with Crippen molar-refractivity contribution in [3.8, 4) is 0 Å². The van der Waals surface area contributed by atoms with E-state index in [-0.39, 0.29) is 0 Å². The zero-order valence-electron chi connectivity index (χ0n) is 13.7. The maximum atomic E-state index is 11.8. The molecule has 4 N–H and O–H groups in total. The van der Waals surface area contributed by atoms with E-state index in [0.717, 1.165) is 23.1 Å². The van der Waals surface area contributed by atoms with Gasteiger partial charge in [-0.2, -0.15) is 0 Å². The Hall–Kier alpha value is -3.02. The molecule has 0 unspecified atom stereocenters. The third kappa shape index (κ3) is 2.78.